The van der Waals surface area contributed by atoms with Crippen LogP contribution in [-0.2, 0) is 132 Å². The molecule has 1 N–H and O–H groups in total. The fourth-order valence-corrected chi connectivity index (χ4v) is 19.1. The number of ketones is 1. The van der Waals surface area contributed by atoms with Crippen molar-refractivity contribution in [2.24, 2.45) is 0 Å². The summed E-state index contributed by atoms with van der Waals surface area (Å²) in [4.78, 5) is 44.5. The number of aryl methyl sites for hydroxylation is 1. The first-order valence-corrected chi connectivity index (χ1v) is 47.8. The number of imidazole rings is 2. The SMILES string of the molecule is CC(=O)C=C(C)O.Cc1ccnc(-c2[c-]cccc2)n1.[2H]c1[c-]c(-c2ncc([2H])c([2H])c2[2H])c([2H])c([2H])c1[2H].[Ir].[Ir].[Ir].[Ir].[Ir].[Ir].[c-]1ccc(-c2ccccc2)cc1-c1ccccn1.[c-]1ccc2c(sc3ccccc32)c1-c1ccccn1.[c-]1ccc2c(sc3ccccc32)c1-c1ccccn1.[c-]1ccccc1-c1ccccn1.[c-]1ccccc1-c1nc2ccccc2n1-c1ccccc1.c1cc2c3c(c1)c1ccccc1n1c4ccccc4[n+](c31)C2. The van der Waals surface area contributed by atoms with Crippen molar-refractivity contribution in [1.82, 2.24) is 48.8 Å². The van der Waals surface area contributed by atoms with Crippen LogP contribution in [0.15, 0.2) is 486 Å². The molecule has 6 radical (unpaired) electrons. The zero-order chi connectivity index (χ0) is 103. The predicted molar refractivity (Wildman–Crippen MR) is 586 cm³/mol. The third kappa shape index (κ3) is 27.4. The number of aliphatic hydroxyl groups excluding tert-OH is 1. The zero-order valence-corrected chi connectivity index (χ0v) is 95.9. The molecule has 0 bridgehead atoms. The first-order chi connectivity index (χ1) is 73.5. The molecule has 21 heteroatoms. The molecule has 742 valence electrons. The van der Waals surface area contributed by atoms with Crippen LogP contribution in [0.4, 0.5) is 0 Å². The van der Waals surface area contributed by atoms with E-state index < -0.39 is 12.1 Å². The minimum absolute atomic E-state index is 0. The third-order valence-electron chi connectivity index (χ3n) is 23.0. The summed E-state index contributed by atoms with van der Waals surface area (Å²) in [6.07, 6.45) is 11.3. The van der Waals surface area contributed by atoms with E-state index in [1.165, 1.54) is 115 Å². The van der Waals surface area contributed by atoms with Gasteiger partial charge in [0.15, 0.2) is 16.8 Å². The molecule has 0 unspecified atom stereocenters. The van der Waals surface area contributed by atoms with E-state index in [1.54, 1.807) is 18.6 Å². The van der Waals surface area contributed by atoms with Gasteiger partial charge in [0.05, 0.1) is 37.9 Å². The molecule has 149 heavy (non-hydrogen) atoms. The number of aliphatic hydroxyl groups is 1. The minimum atomic E-state index is -0.443. The molecule has 13 nitrogen and oxygen atoms in total. The number of nitrogens with zero attached hydrogens (tertiary/aromatic N) is 11. The van der Waals surface area contributed by atoms with Gasteiger partial charge in [-0.25, -0.2) is 4.57 Å². The summed E-state index contributed by atoms with van der Waals surface area (Å²) < 4.78 is 65.0. The van der Waals surface area contributed by atoms with E-state index in [-0.39, 0.29) is 174 Å². The number of allylic oxidation sites excluding steroid dienone is 2. The fourth-order valence-electron chi connectivity index (χ4n) is 16.7. The number of carbonyl (C=O) groups excluding carboxylic acids is 1. The van der Waals surface area contributed by atoms with Crippen LogP contribution < -0.4 is 4.57 Å². The topological polar surface area (TPSA) is 154 Å². The third-order valence-corrected chi connectivity index (χ3v) is 25.4. The Morgan fingerprint density at radius 3 is 1.45 bits per heavy atom. The van der Waals surface area contributed by atoms with Crippen molar-refractivity contribution < 1.29 is 145 Å². The van der Waals surface area contributed by atoms with Crippen LogP contribution in [0.1, 0.15) is 34.7 Å². The van der Waals surface area contributed by atoms with Crippen LogP contribution in [0.25, 0.3) is 186 Å². The monoisotopic (exact) mass is 3040 g/mol. The Kier molecular flexibility index (Phi) is 38.0. The summed E-state index contributed by atoms with van der Waals surface area (Å²) in [5, 5.41) is 17.7. The molecule has 12 heterocycles. The average Bonchev–Trinajstić information content (AvgIpc) is 1.53. The van der Waals surface area contributed by atoms with Gasteiger partial charge in [-0.15, -0.1) is 226 Å². The zero-order valence-electron chi connectivity index (χ0n) is 86.9. The minimum Gasteiger partial charge on any atom is -0.512 e. The van der Waals surface area contributed by atoms with E-state index in [1.807, 2.05) is 266 Å². The predicted octanol–water partition coefficient (Wildman–Crippen LogP) is 31.0. The van der Waals surface area contributed by atoms with Crippen molar-refractivity contribution in [1.29, 1.82) is 0 Å². The summed E-state index contributed by atoms with van der Waals surface area (Å²) in [6.45, 7) is 5.77. The first-order valence-electron chi connectivity index (χ1n) is 49.6. The number of rotatable bonds is 10. The Balaban J connectivity index is 0.000000146. The molecule has 1 aliphatic heterocycles. The van der Waals surface area contributed by atoms with Gasteiger partial charge in [-0.2, -0.15) is 27.1 Å². The summed E-state index contributed by atoms with van der Waals surface area (Å²) in [5.74, 6) is 1.59. The molecule has 15 aromatic carbocycles. The van der Waals surface area contributed by atoms with E-state index in [0.29, 0.717) is 0 Å². The van der Waals surface area contributed by atoms with E-state index in [2.05, 4.69) is 261 Å². The van der Waals surface area contributed by atoms with Crippen molar-refractivity contribution in [2.45, 2.75) is 27.3 Å². The van der Waals surface area contributed by atoms with Crippen LogP contribution in [0.5, 0.6) is 0 Å². The molecule has 0 fully saturated rings. The Morgan fingerprint density at radius 1 is 0.376 bits per heavy atom. The second-order valence-electron chi connectivity index (χ2n) is 32.5. The Labute approximate surface area is 964 Å². The molecule has 0 saturated heterocycles. The smallest absolute Gasteiger partial charge is 0.296 e. The normalized spacial score (nSPS) is 11.2. The molecule has 27 rings (SSSR count). The average molecular weight is 3040 g/mol. The molecule has 0 atom stereocenters. The molecule has 1 aliphatic rings. The van der Waals surface area contributed by atoms with Gasteiger partial charge in [0, 0.05) is 204 Å². The van der Waals surface area contributed by atoms with Crippen LogP contribution in [0, 0.1) is 49.4 Å². The number of pyridine rings is 6. The molecule has 0 aliphatic carbocycles. The van der Waals surface area contributed by atoms with Crippen LogP contribution in [0.3, 0.4) is 0 Å². The molecular weight excluding hydrogens is 2940 g/mol. The molecule has 0 spiro atoms. The van der Waals surface area contributed by atoms with Gasteiger partial charge in [-0.1, -0.05) is 217 Å². The van der Waals surface area contributed by atoms with Gasteiger partial charge >= 0.3 is 0 Å². The summed E-state index contributed by atoms with van der Waals surface area (Å²) >= 11 is 3.62. The van der Waals surface area contributed by atoms with Crippen molar-refractivity contribution in [3.8, 4) is 95.9 Å². The van der Waals surface area contributed by atoms with Crippen molar-refractivity contribution in [2.75, 3.05) is 0 Å². The number of hydrogen-bond acceptors (Lipinski definition) is 12. The second-order valence-corrected chi connectivity index (χ2v) is 34.6. The van der Waals surface area contributed by atoms with E-state index in [9.17, 15) is 4.79 Å². The number of hydrogen-bond donors (Lipinski definition) is 1. The van der Waals surface area contributed by atoms with Crippen LogP contribution in [-0.4, -0.2) is 59.7 Å². The number of benzene rings is 15. The maximum absolute atomic E-state index is 10.0. The Bertz CT molecular complexity index is 9060. The Hall–Kier alpha value is -14.4. The van der Waals surface area contributed by atoms with Crippen molar-refractivity contribution >= 4 is 118 Å². The molecule has 0 amide bonds. The number of fused-ring (bicyclic) bond motifs is 13. The second kappa shape index (κ2) is 55.6. The molecule has 11 aromatic heterocycles. The van der Waals surface area contributed by atoms with E-state index in [0.717, 1.165) is 103 Å². The molecule has 0 saturated carbocycles. The maximum atomic E-state index is 10.0. The van der Waals surface area contributed by atoms with E-state index in [4.69, 9.17) is 19.7 Å². The Morgan fingerprint density at radius 2 is 0.872 bits per heavy atom. The van der Waals surface area contributed by atoms with Crippen molar-refractivity contribution in [3.05, 3.63) is 539 Å². The maximum Gasteiger partial charge on any atom is 0.296 e. The van der Waals surface area contributed by atoms with Crippen molar-refractivity contribution in [3.63, 3.8) is 0 Å². The summed E-state index contributed by atoms with van der Waals surface area (Å²) in [5.41, 5.74) is 23.2. The summed E-state index contributed by atoms with van der Waals surface area (Å²) in [7, 11) is 0. The molecule has 26 aromatic rings. The number of carbonyl (C=O) groups is 1. The first kappa shape index (κ1) is 102. The van der Waals surface area contributed by atoms with Gasteiger partial charge in [0.25, 0.3) is 5.65 Å². The largest absolute Gasteiger partial charge is 0.512 e. The van der Waals surface area contributed by atoms with Gasteiger partial charge in [0.1, 0.15) is 12.1 Å². The number of aromatic nitrogens is 11. The van der Waals surface area contributed by atoms with E-state index >= 15 is 0 Å². The fraction of sp³-hybridized carbons (Fsp3) is 0.0312. The number of thiophene rings is 2. The van der Waals surface area contributed by atoms with Gasteiger partial charge < -0.3 is 34.6 Å². The quantitative estimate of drug-likeness (QED) is 0.0460. The molecular formula is C128H91Ir6N11O2S2-6. The standard InChI is InChI=1S/C20H13N2.C19H13N2.2C17H10NS.C17H12N.C11H9N2.2C11H8N.C5H8O2.6Ir/c1-2-9-16-14(7-1)15-8-5-6-13-12-21-17-10-3-4-11-18(17)22(16)20(21)19(13)15;1-3-9-15(10-4-1)19-20-17-13-7-8-14-18(17)21(19)16-11-5-2-6-12-16;2*1-2-10-16-12(6-1)13-7-5-8-14(17(13)19-16)15-9-3-4-11-18-15;1-2-7-14(8-3-1)15-9-6-10-16(13-15)17-11-4-5-12-18-17;1-9-7-8-12-11(13-9)10-5-3-2-4-6-10;2*1-2-6-10(7-3-1)11-8-4-5-9-12-11;1-4(6)3-5(2)7;;;;;;/h1-11H,12H2;1-9,11-14H;2*1-7,9-11H;1-9,11-13H;2-5,7-8H,1H3;2*1-6,8-9H;3,6H,1-2H3;;;;;;/q+1;7*-1;;;;;;;/i;;;;;;1D,2D,3D,4D,5D,6D,8D;;;;;;;;. The van der Waals surface area contributed by atoms with Crippen LogP contribution >= 0.6 is 22.7 Å². The summed E-state index contributed by atoms with van der Waals surface area (Å²) in [6, 6.07) is 153. The number of para-hydroxylation sites is 6. The van der Waals surface area contributed by atoms with Gasteiger partial charge in [0.2, 0.25) is 0 Å². The van der Waals surface area contributed by atoms with Gasteiger partial charge in [-0.3, -0.25) is 19.7 Å². The van der Waals surface area contributed by atoms with Crippen LogP contribution in [0.2, 0.25) is 0 Å². The van der Waals surface area contributed by atoms with Gasteiger partial charge in [-0.05, 0) is 169 Å².